The second-order valence-electron chi connectivity index (χ2n) is 4.88. The SMILES string of the molecule is CCCOc1cc(NCCN(CC)C2CC2)ncn1. The summed E-state index contributed by atoms with van der Waals surface area (Å²) in [7, 11) is 0. The van der Waals surface area contributed by atoms with Gasteiger partial charge in [-0.05, 0) is 25.8 Å². The van der Waals surface area contributed by atoms with E-state index in [2.05, 4.69) is 34.0 Å². The molecule has 2 rings (SSSR count). The Hall–Kier alpha value is -1.36. The summed E-state index contributed by atoms with van der Waals surface area (Å²) >= 11 is 0. The molecule has 0 amide bonds. The summed E-state index contributed by atoms with van der Waals surface area (Å²) in [6, 6.07) is 2.68. The minimum atomic E-state index is 0.647. The third-order valence-electron chi connectivity index (χ3n) is 3.27. The van der Waals surface area contributed by atoms with Crippen LogP contribution in [0.3, 0.4) is 0 Å². The molecule has 1 fully saturated rings. The van der Waals surface area contributed by atoms with Crippen molar-refractivity contribution < 1.29 is 4.74 Å². The Morgan fingerprint density at radius 1 is 1.37 bits per heavy atom. The Balaban J connectivity index is 1.75. The summed E-state index contributed by atoms with van der Waals surface area (Å²) < 4.78 is 5.49. The maximum atomic E-state index is 5.49. The molecule has 0 atom stereocenters. The fraction of sp³-hybridized carbons (Fsp3) is 0.714. The summed E-state index contributed by atoms with van der Waals surface area (Å²) in [6.45, 7) is 8.10. The van der Waals surface area contributed by atoms with E-state index >= 15 is 0 Å². The van der Waals surface area contributed by atoms with Crippen LogP contribution in [0.2, 0.25) is 0 Å². The van der Waals surface area contributed by atoms with Gasteiger partial charge in [-0.15, -0.1) is 0 Å². The molecule has 1 N–H and O–H groups in total. The lowest BCUT2D eigenvalue weighted by atomic mass is 10.4. The molecule has 1 saturated carbocycles. The third-order valence-corrected chi connectivity index (χ3v) is 3.27. The Morgan fingerprint density at radius 3 is 2.89 bits per heavy atom. The molecule has 1 aromatic rings. The van der Waals surface area contributed by atoms with E-state index in [0.717, 1.165) is 37.9 Å². The molecule has 0 bridgehead atoms. The molecular weight excluding hydrogens is 240 g/mol. The fourth-order valence-electron chi connectivity index (χ4n) is 2.09. The molecule has 0 aromatic carbocycles. The minimum absolute atomic E-state index is 0.647. The number of ether oxygens (including phenoxy) is 1. The second-order valence-corrected chi connectivity index (χ2v) is 4.88. The predicted octanol–water partition coefficient (Wildman–Crippen LogP) is 2.16. The van der Waals surface area contributed by atoms with Gasteiger partial charge in [-0.3, -0.25) is 4.90 Å². The smallest absolute Gasteiger partial charge is 0.218 e. The highest BCUT2D eigenvalue weighted by atomic mass is 16.5. The van der Waals surface area contributed by atoms with Gasteiger partial charge in [0.2, 0.25) is 5.88 Å². The number of nitrogens with one attached hydrogen (secondary N) is 1. The van der Waals surface area contributed by atoms with Crippen LogP contribution in [0.5, 0.6) is 5.88 Å². The lowest BCUT2D eigenvalue weighted by Gasteiger charge is -2.19. The van der Waals surface area contributed by atoms with Gasteiger partial charge >= 0.3 is 0 Å². The van der Waals surface area contributed by atoms with E-state index in [0.29, 0.717) is 12.5 Å². The van der Waals surface area contributed by atoms with Crippen LogP contribution in [-0.4, -0.2) is 47.2 Å². The van der Waals surface area contributed by atoms with E-state index < -0.39 is 0 Å². The Labute approximate surface area is 115 Å². The number of hydrogen-bond donors (Lipinski definition) is 1. The molecule has 0 radical (unpaired) electrons. The third kappa shape index (κ3) is 4.67. The van der Waals surface area contributed by atoms with E-state index in [1.165, 1.54) is 12.8 Å². The van der Waals surface area contributed by atoms with Crippen molar-refractivity contribution in [2.45, 2.75) is 39.2 Å². The summed E-state index contributed by atoms with van der Waals surface area (Å²) in [5, 5.41) is 3.34. The summed E-state index contributed by atoms with van der Waals surface area (Å²) in [4.78, 5) is 10.8. The first kappa shape index (κ1) is 14.1. The molecule has 0 aliphatic heterocycles. The molecule has 0 saturated heterocycles. The Morgan fingerprint density at radius 2 is 2.21 bits per heavy atom. The van der Waals surface area contributed by atoms with Crippen molar-refractivity contribution in [3.05, 3.63) is 12.4 Å². The molecule has 1 aromatic heterocycles. The first-order valence-electron chi connectivity index (χ1n) is 7.26. The first-order valence-corrected chi connectivity index (χ1v) is 7.26. The average Bonchev–Trinajstić information content (AvgIpc) is 3.26. The van der Waals surface area contributed by atoms with Crippen molar-refractivity contribution in [1.29, 1.82) is 0 Å². The van der Waals surface area contributed by atoms with Crippen molar-refractivity contribution in [3.8, 4) is 5.88 Å². The van der Waals surface area contributed by atoms with Gasteiger partial charge in [0.15, 0.2) is 0 Å². The number of hydrogen-bond acceptors (Lipinski definition) is 5. The van der Waals surface area contributed by atoms with Crippen molar-refractivity contribution in [1.82, 2.24) is 14.9 Å². The number of aromatic nitrogens is 2. The highest BCUT2D eigenvalue weighted by Gasteiger charge is 2.27. The number of anilines is 1. The maximum absolute atomic E-state index is 5.49. The zero-order chi connectivity index (χ0) is 13.5. The largest absolute Gasteiger partial charge is 0.478 e. The molecule has 1 aliphatic rings. The second kappa shape index (κ2) is 7.28. The molecule has 106 valence electrons. The molecular formula is C14H24N4O. The molecule has 1 aliphatic carbocycles. The molecule has 5 heteroatoms. The maximum Gasteiger partial charge on any atom is 0.218 e. The van der Waals surface area contributed by atoms with Crippen LogP contribution in [0.4, 0.5) is 5.82 Å². The van der Waals surface area contributed by atoms with Crippen LogP contribution in [0, 0.1) is 0 Å². The van der Waals surface area contributed by atoms with Gasteiger partial charge in [0.1, 0.15) is 12.1 Å². The van der Waals surface area contributed by atoms with Crippen LogP contribution in [0.15, 0.2) is 12.4 Å². The van der Waals surface area contributed by atoms with Crippen molar-refractivity contribution in [2.24, 2.45) is 0 Å². The van der Waals surface area contributed by atoms with E-state index in [1.807, 2.05) is 6.07 Å². The van der Waals surface area contributed by atoms with Crippen LogP contribution in [0.25, 0.3) is 0 Å². The minimum Gasteiger partial charge on any atom is -0.478 e. The zero-order valence-electron chi connectivity index (χ0n) is 11.9. The molecule has 0 spiro atoms. The molecule has 0 unspecified atom stereocenters. The lowest BCUT2D eigenvalue weighted by Crippen LogP contribution is -2.31. The topological polar surface area (TPSA) is 50.3 Å². The van der Waals surface area contributed by atoms with Gasteiger partial charge in [-0.1, -0.05) is 13.8 Å². The van der Waals surface area contributed by atoms with Gasteiger partial charge in [-0.25, -0.2) is 9.97 Å². The van der Waals surface area contributed by atoms with Crippen LogP contribution >= 0.6 is 0 Å². The Bertz CT molecular complexity index is 381. The molecule has 5 nitrogen and oxygen atoms in total. The van der Waals surface area contributed by atoms with Crippen molar-refractivity contribution in [2.75, 3.05) is 31.6 Å². The lowest BCUT2D eigenvalue weighted by molar-refractivity contribution is 0.288. The van der Waals surface area contributed by atoms with Gasteiger partial charge in [0.05, 0.1) is 6.61 Å². The molecule has 1 heterocycles. The van der Waals surface area contributed by atoms with E-state index in [9.17, 15) is 0 Å². The predicted molar refractivity (Wildman–Crippen MR) is 76.6 cm³/mol. The zero-order valence-corrected chi connectivity index (χ0v) is 11.9. The van der Waals surface area contributed by atoms with E-state index in [1.54, 1.807) is 6.33 Å². The number of rotatable bonds is 9. The highest BCUT2D eigenvalue weighted by Crippen LogP contribution is 2.25. The monoisotopic (exact) mass is 264 g/mol. The quantitative estimate of drug-likeness (QED) is 0.740. The van der Waals surface area contributed by atoms with E-state index in [-0.39, 0.29) is 0 Å². The van der Waals surface area contributed by atoms with Crippen LogP contribution < -0.4 is 10.1 Å². The number of likely N-dealkylation sites (N-methyl/N-ethyl adjacent to an activating group) is 1. The van der Waals surface area contributed by atoms with Crippen LogP contribution in [-0.2, 0) is 0 Å². The van der Waals surface area contributed by atoms with Crippen molar-refractivity contribution in [3.63, 3.8) is 0 Å². The van der Waals surface area contributed by atoms with Crippen LogP contribution in [0.1, 0.15) is 33.1 Å². The summed E-state index contributed by atoms with van der Waals surface area (Å²) in [5.74, 6) is 1.49. The standard InChI is InChI=1S/C14H24N4O/c1-3-9-19-14-10-13(16-11-17-14)15-7-8-18(4-2)12-5-6-12/h10-12H,3-9H2,1-2H3,(H,15,16,17). The molecule has 19 heavy (non-hydrogen) atoms. The number of nitrogens with zero attached hydrogens (tertiary/aromatic N) is 3. The van der Waals surface area contributed by atoms with Gasteiger partial charge < -0.3 is 10.1 Å². The summed E-state index contributed by atoms with van der Waals surface area (Å²) in [6.07, 6.45) is 5.25. The fourth-order valence-corrected chi connectivity index (χ4v) is 2.09. The first-order chi connectivity index (χ1) is 9.33. The normalized spacial score (nSPS) is 14.7. The van der Waals surface area contributed by atoms with E-state index in [4.69, 9.17) is 4.74 Å². The van der Waals surface area contributed by atoms with Gasteiger partial charge in [0.25, 0.3) is 0 Å². The summed E-state index contributed by atoms with van der Waals surface area (Å²) in [5.41, 5.74) is 0. The average molecular weight is 264 g/mol. The van der Waals surface area contributed by atoms with Gasteiger partial charge in [0, 0.05) is 25.2 Å². The van der Waals surface area contributed by atoms with Gasteiger partial charge in [-0.2, -0.15) is 0 Å². The van der Waals surface area contributed by atoms with Crippen molar-refractivity contribution >= 4 is 5.82 Å². The highest BCUT2D eigenvalue weighted by molar-refractivity contribution is 5.36. The Kier molecular flexibility index (Phi) is 5.39.